The Hall–Kier alpha value is -0.299. The molecule has 6 nitrogen and oxygen atoms in total. The maximum absolute atomic E-state index is 12.3. The van der Waals surface area contributed by atoms with Crippen molar-refractivity contribution in [2.24, 2.45) is 17.8 Å². The van der Waals surface area contributed by atoms with Gasteiger partial charge in [-0.25, -0.2) is 0 Å². The van der Waals surface area contributed by atoms with E-state index in [9.17, 15) is 9.90 Å². The van der Waals surface area contributed by atoms with Crippen molar-refractivity contribution in [2.75, 3.05) is 13.2 Å². The zero-order valence-electron chi connectivity index (χ0n) is 30.8. The van der Waals surface area contributed by atoms with Gasteiger partial charge in [-0.1, -0.05) is 94.5 Å². The summed E-state index contributed by atoms with van der Waals surface area (Å²) in [6, 6.07) is 4.17. The summed E-state index contributed by atoms with van der Waals surface area (Å²) in [6.07, 6.45) is 1.68. The second-order valence-corrected chi connectivity index (χ2v) is 31.8. The first-order chi connectivity index (χ1) is 19.5. The molecule has 9 heteroatoms. The Kier molecular flexibility index (Phi) is 15.2. The van der Waals surface area contributed by atoms with Crippen molar-refractivity contribution in [3.8, 4) is 0 Å². The third kappa shape index (κ3) is 11.2. The largest absolute Gasteiger partial charge is 0.465 e. The van der Waals surface area contributed by atoms with Crippen LogP contribution >= 0.6 is 0 Å². The van der Waals surface area contributed by atoms with E-state index in [2.05, 4.69) is 102 Å². The summed E-state index contributed by atoms with van der Waals surface area (Å²) in [7, 11) is -5.72. The van der Waals surface area contributed by atoms with Crippen molar-refractivity contribution < 1.29 is 28.2 Å². The molecule has 254 valence electrons. The van der Waals surface area contributed by atoms with Crippen LogP contribution in [0.25, 0.3) is 0 Å². The monoisotopic (exact) mass is 658 g/mol. The third-order valence-corrected chi connectivity index (χ3v) is 26.2. The number of aliphatic hydroxyl groups is 1. The average Bonchev–Trinajstić information content (AvgIpc) is 3.69. The van der Waals surface area contributed by atoms with E-state index in [1.54, 1.807) is 0 Å². The SMILES string of the molecule is C=C[C@@H](CO[Si](C)(C)C(C)(C)C)[C@@H](O)[C@H](CC[Si](C)(C)C(C)(C)C)[C@H](O[Si](CC)(CC)CC)[C@H]1O[C@@H]1[C@@H](C)COC(C)=O. The van der Waals surface area contributed by atoms with Gasteiger partial charge in [-0.2, -0.15) is 0 Å². The van der Waals surface area contributed by atoms with Gasteiger partial charge in [0.2, 0.25) is 0 Å². The van der Waals surface area contributed by atoms with Crippen LogP contribution in [0, 0.1) is 17.8 Å². The lowest BCUT2D eigenvalue weighted by Gasteiger charge is -2.43. The van der Waals surface area contributed by atoms with Crippen molar-refractivity contribution in [1.29, 1.82) is 0 Å². The maximum atomic E-state index is 12.3. The van der Waals surface area contributed by atoms with Crippen LogP contribution in [-0.4, -0.2) is 73.4 Å². The molecule has 0 amide bonds. The molecule has 43 heavy (non-hydrogen) atoms. The van der Waals surface area contributed by atoms with Crippen LogP contribution in [0.2, 0.25) is 60.4 Å². The molecule has 1 aliphatic rings. The lowest BCUT2D eigenvalue weighted by molar-refractivity contribution is -0.142. The smallest absolute Gasteiger partial charge is 0.302 e. The minimum absolute atomic E-state index is 0.0521. The second-order valence-electron chi connectivity index (χ2n) is 16.5. The van der Waals surface area contributed by atoms with Crippen LogP contribution in [0.5, 0.6) is 0 Å². The van der Waals surface area contributed by atoms with E-state index < -0.39 is 30.8 Å². The Bertz CT molecular complexity index is 866. The number of aliphatic hydroxyl groups excluding tert-OH is 1. The second kappa shape index (κ2) is 16.0. The van der Waals surface area contributed by atoms with Crippen molar-refractivity contribution in [2.45, 2.75) is 167 Å². The predicted octanol–water partition coefficient (Wildman–Crippen LogP) is 9.04. The van der Waals surface area contributed by atoms with Crippen LogP contribution in [0.4, 0.5) is 0 Å². The van der Waals surface area contributed by atoms with Crippen LogP contribution in [0.3, 0.4) is 0 Å². The van der Waals surface area contributed by atoms with Gasteiger partial charge in [0.05, 0.1) is 33.0 Å². The molecule has 0 spiro atoms. The number of epoxide rings is 1. The molecule has 0 aromatic heterocycles. The molecule has 0 aliphatic carbocycles. The minimum Gasteiger partial charge on any atom is -0.465 e. The molecule has 0 aromatic rings. The van der Waals surface area contributed by atoms with Crippen LogP contribution in [0.15, 0.2) is 12.7 Å². The third-order valence-electron chi connectivity index (χ3n) is 11.5. The molecule has 1 aliphatic heterocycles. The molecule has 1 rings (SSSR count). The molecule has 0 radical (unpaired) electrons. The number of carbonyl (C=O) groups is 1. The van der Waals surface area contributed by atoms with Crippen molar-refractivity contribution >= 4 is 30.7 Å². The fourth-order valence-corrected chi connectivity index (χ4v) is 11.2. The molecule has 1 heterocycles. The number of ether oxygens (including phenoxy) is 2. The standard InChI is InChI=1S/C34H70O6Si3/c1-17-27(24-38-42(15,16)34(10,11)12)29(36)28(21-22-41(13,14)33(7,8)9)31(40-43(18-2,19-3)20-4)32-30(39-32)25(5)23-37-26(6)35/h17,25,27-32,36H,1,18-24H2,2-16H3/t25-,27-,28-,29+,30+,31-,32-/m0/s1. The molecule has 1 saturated heterocycles. The number of carbonyl (C=O) groups excluding carboxylic acids is 1. The zero-order valence-corrected chi connectivity index (χ0v) is 33.8. The van der Waals surface area contributed by atoms with Gasteiger partial charge in [0, 0.05) is 31.3 Å². The minimum atomic E-state index is -2.06. The van der Waals surface area contributed by atoms with Gasteiger partial charge in [0.15, 0.2) is 16.6 Å². The van der Waals surface area contributed by atoms with Crippen LogP contribution < -0.4 is 0 Å². The Balaban J connectivity index is 3.55. The summed E-state index contributed by atoms with van der Waals surface area (Å²) < 4.78 is 25.8. The Morgan fingerprint density at radius 1 is 0.953 bits per heavy atom. The van der Waals surface area contributed by atoms with Gasteiger partial charge >= 0.3 is 5.97 Å². The molecular weight excluding hydrogens is 589 g/mol. The fraction of sp³-hybridized carbons (Fsp3) is 0.912. The first kappa shape index (κ1) is 40.7. The quantitative estimate of drug-likeness (QED) is 0.0646. The highest BCUT2D eigenvalue weighted by molar-refractivity contribution is 6.80. The Labute approximate surface area is 269 Å². The van der Waals surface area contributed by atoms with E-state index in [-0.39, 0.29) is 52.1 Å². The summed E-state index contributed by atoms with van der Waals surface area (Å²) >= 11 is 0. The van der Waals surface area contributed by atoms with Crippen molar-refractivity contribution in [1.82, 2.24) is 0 Å². The Morgan fingerprint density at radius 2 is 1.49 bits per heavy atom. The average molecular weight is 659 g/mol. The highest BCUT2D eigenvalue weighted by Crippen LogP contribution is 2.46. The molecule has 1 fully saturated rings. The van der Waals surface area contributed by atoms with Gasteiger partial charge in [0.1, 0.15) is 6.10 Å². The topological polar surface area (TPSA) is 77.5 Å². The summed E-state index contributed by atoms with van der Waals surface area (Å²) in [4.78, 5) is 11.5. The van der Waals surface area contributed by atoms with Gasteiger partial charge in [0.25, 0.3) is 0 Å². The molecule has 0 aromatic carbocycles. The summed E-state index contributed by atoms with van der Waals surface area (Å²) in [5.74, 6) is -0.547. The lowest BCUT2D eigenvalue weighted by atomic mass is 9.83. The van der Waals surface area contributed by atoms with Gasteiger partial charge in [-0.15, -0.1) is 6.58 Å². The Morgan fingerprint density at radius 3 is 1.91 bits per heavy atom. The van der Waals surface area contributed by atoms with E-state index in [0.717, 1.165) is 30.6 Å². The lowest BCUT2D eigenvalue weighted by Crippen LogP contribution is -2.51. The zero-order chi connectivity index (χ0) is 33.6. The number of rotatable bonds is 19. The summed E-state index contributed by atoms with van der Waals surface area (Å²) in [5.41, 5.74) is 0. The summed E-state index contributed by atoms with van der Waals surface area (Å²) in [6.45, 7) is 38.5. The molecule has 1 N–H and O–H groups in total. The van der Waals surface area contributed by atoms with Gasteiger partial charge in [-0.05, 0) is 47.7 Å². The van der Waals surface area contributed by atoms with E-state index in [1.807, 2.05) is 6.08 Å². The van der Waals surface area contributed by atoms with Gasteiger partial charge in [-0.3, -0.25) is 4.79 Å². The number of esters is 1. The fourth-order valence-electron chi connectivity index (χ4n) is 5.47. The van der Waals surface area contributed by atoms with Crippen molar-refractivity contribution in [3.05, 3.63) is 12.7 Å². The first-order valence-corrected chi connectivity index (χ1v) is 25.6. The first-order valence-electron chi connectivity index (χ1n) is 16.9. The van der Waals surface area contributed by atoms with E-state index in [4.69, 9.17) is 18.3 Å². The van der Waals surface area contributed by atoms with Crippen LogP contribution in [-0.2, 0) is 23.1 Å². The van der Waals surface area contributed by atoms with Crippen molar-refractivity contribution in [3.63, 3.8) is 0 Å². The molecule has 7 atom stereocenters. The molecule has 0 unspecified atom stereocenters. The highest BCUT2D eigenvalue weighted by Gasteiger charge is 2.55. The molecular formula is C34H70O6Si3. The van der Waals surface area contributed by atoms with E-state index >= 15 is 0 Å². The van der Waals surface area contributed by atoms with E-state index in [1.165, 1.54) is 6.92 Å². The predicted molar refractivity (Wildman–Crippen MR) is 189 cm³/mol. The normalized spacial score (nSPS) is 22.0. The number of hydrogen-bond donors (Lipinski definition) is 1. The summed E-state index contributed by atoms with van der Waals surface area (Å²) in [5, 5.41) is 12.6. The van der Waals surface area contributed by atoms with Gasteiger partial charge < -0.3 is 23.4 Å². The van der Waals surface area contributed by atoms with Crippen LogP contribution in [0.1, 0.15) is 82.6 Å². The highest BCUT2D eigenvalue weighted by atomic mass is 28.4. The molecule has 0 bridgehead atoms. The maximum Gasteiger partial charge on any atom is 0.302 e. The molecule has 0 saturated carbocycles. The van der Waals surface area contributed by atoms with E-state index in [0.29, 0.717) is 13.2 Å². The number of hydrogen-bond acceptors (Lipinski definition) is 6.